The number of rotatable bonds is 5. The predicted molar refractivity (Wildman–Crippen MR) is 79.7 cm³/mol. The molecule has 1 N–H and O–H groups in total. The number of halogens is 1. The Morgan fingerprint density at radius 2 is 2.05 bits per heavy atom. The second-order valence-electron chi connectivity index (χ2n) is 5.11. The lowest BCUT2D eigenvalue weighted by Gasteiger charge is -2.14. The van der Waals surface area contributed by atoms with Crippen LogP contribution in [0.15, 0.2) is 30.5 Å². The van der Waals surface area contributed by atoms with Crippen LogP contribution in [-0.4, -0.2) is 15.7 Å². The zero-order chi connectivity index (χ0) is 15.4. The van der Waals surface area contributed by atoms with E-state index in [9.17, 15) is 9.18 Å². The monoisotopic (exact) mass is 289 g/mol. The summed E-state index contributed by atoms with van der Waals surface area (Å²) in [7, 11) is 0. The van der Waals surface area contributed by atoms with Gasteiger partial charge in [0.1, 0.15) is 5.82 Å². The zero-order valence-electron chi connectivity index (χ0n) is 12.6. The van der Waals surface area contributed by atoms with Gasteiger partial charge in [-0.1, -0.05) is 6.92 Å². The van der Waals surface area contributed by atoms with Gasteiger partial charge in [0, 0.05) is 17.7 Å². The molecule has 2 aromatic rings. The largest absolute Gasteiger partial charge is 0.349 e. The van der Waals surface area contributed by atoms with E-state index in [0.29, 0.717) is 6.42 Å². The van der Waals surface area contributed by atoms with Crippen molar-refractivity contribution >= 4 is 5.91 Å². The quantitative estimate of drug-likeness (QED) is 0.918. The number of carbonyl (C=O) groups excluding carboxylic acids is 1. The highest BCUT2D eigenvalue weighted by Gasteiger charge is 2.15. The fourth-order valence-corrected chi connectivity index (χ4v) is 2.31. The van der Waals surface area contributed by atoms with Gasteiger partial charge in [0.05, 0.1) is 17.9 Å². The molecule has 0 unspecified atom stereocenters. The molecule has 0 saturated heterocycles. The lowest BCUT2D eigenvalue weighted by molar-refractivity contribution is -0.121. The van der Waals surface area contributed by atoms with Crippen molar-refractivity contribution in [1.82, 2.24) is 15.1 Å². The third-order valence-corrected chi connectivity index (χ3v) is 3.44. The number of hydrogen-bond donors (Lipinski definition) is 1. The average molecular weight is 289 g/mol. The molecule has 0 aliphatic rings. The highest BCUT2D eigenvalue weighted by Crippen LogP contribution is 2.20. The molecule has 1 amide bonds. The number of hydrogen-bond acceptors (Lipinski definition) is 2. The van der Waals surface area contributed by atoms with E-state index >= 15 is 0 Å². The Labute approximate surface area is 124 Å². The fourth-order valence-electron chi connectivity index (χ4n) is 2.31. The molecule has 21 heavy (non-hydrogen) atoms. The highest BCUT2D eigenvalue weighted by molar-refractivity contribution is 5.76. The topological polar surface area (TPSA) is 46.9 Å². The normalized spacial score (nSPS) is 12.2. The smallest absolute Gasteiger partial charge is 0.220 e. The van der Waals surface area contributed by atoms with Gasteiger partial charge in [0.2, 0.25) is 5.91 Å². The molecule has 1 aromatic carbocycles. The maximum Gasteiger partial charge on any atom is 0.220 e. The first kappa shape index (κ1) is 15.2. The van der Waals surface area contributed by atoms with E-state index in [4.69, 9.17) is 0 Å². The Balaban J connectivity index is 2.20. The van der Waals surface area contributed by atoms with Crippen molar-refractivity contribution in [1.29, 1.82) is 0 Å². The summed E-state index contributed by atoms with van der Waals surface area (Å²) in [4.78, 5) is 11.7. The van der Waals surface area contributed by atoms with Crippen LogP contribution in [0.1, 0.15) is 44.0 Å². The van der Waals surface area contributed by atoms with E-state index in [1.54, 1.807) is 23.0 Å². The summed E-state index contributed by atoms with van der Waals surface area (Å²) in [5.41, 5.74) is 2.70. The van der Waals surface area contributed by atoms with Gasteiger partial charge in [-0.15, -0.1) is 0 Å². The Morgan fingerprint density at radius 3 is 2.67 bits per heavy atom. The van der Waals surface area contributed by atoms with Crippen LogP contribution in [0.5, 0.6) is 0 Å². The molecular formula is C16H20FN3O. The van der Waals surface area contributed by atoms with Gasteiger partial charge in [0.15, 0.2) is 0 Å². The Hall–Kier alpha value is -2.17. The van der Waals surface area contributed by atoms with Crippen molar-refractivity contribution in [3.8, 4) is 5.69 Å². The van der Waals surface area contributed by atoms with Crippen LogP contribution in [0, 0.1) is 12.7 Å². The molecule has 0 aliphatic carbocycles. The summed E-state index contributed by atoms with van der Waals surface area (Å²) in [6.07, 6.45) is 3.09. The summed E-state index contributed by atoms with van der Waals surface area (Å²) >= 11 is 0. The van der Waals surface area contributed by atoms with Gasteiger partial charge in [-0.3, -0.25) is 4.79 Å². The van der Waals surface area contributed by atoms with Crippen molar-refractivity contribution < 1.29 is 9.18 Å². The molecule has 0 bridgehead atoms. The lowest BCUT2D eigenvalue weighted by atomic mass is 10.1. The van der Waals surface area contributed by atoms with Gasteiger partial charge in [-0.25, -0.2) is 9.07 Å². The fraction of sp³-hybridized carbons (Fsp3) is 0.375. The van der Waals surface area contributed by atoms with Crippen LogP contribution >= 0.6 is 0 Å². The van der Waals surface area contributed by atoms with E-state index in [-0.39, 0.29) is 17.8 Å². The van der Waals surface area contributed by atoms with E-state index in [1.807, 2.05) is 20.8 Å². The van der Waals surface area contributed by atoms with Crippen LogP contribution in [0.4, 0.5) is 4.39 Å². The van der Waals surface area contributed by atoms with Crippen LogP contribution in [0.2, 0.25) is 0 Å². The molecule has 0 aliphatic heterocycles. The highest BCUT2D eigenvalue weighted by atomic mass is 19.1. The number of carbonyl (C=O) groups is 1. The maximum absolute atomic E-state index is 13.0. The number of amides is 1. The number of nitrogens with zero attached hydrogens (tertiary/aromatic N) is 2. The SMILES string of the molecule is CCCC(=O)N[C@@H](C)c1cnn(-c2ccc(F)cc2)c1C. The minimum absolute atomic E-state index is 0.0407. The predicted octanol–water partition coefficient (Wildman–Crippen LogP) is 3.30. The summed E-state index contributed by atoms with van der Waals surface area (Å²) in [6.45, 7) is 5.85. The first-order chi connectivity index (χ1) is 10.0. The van der Waals surface area contributed by atoms with Crippen molar-refractivity contribution in [3.63, 3.8) is 0 Å². The summed E-state index contributed by atoms with van der Waals surface area (Å²) in [6, 6.07) is 6.07. The number of nitrogens with one attached hydrogen (secondary N) is 1. The molecule has 5 heteroatoms. The molecule has 0 saturated carbocycles. The van der Waals surface area contributed by atoms with E-state index < -0.39 is 0 Å². The van der Waals surface area contributed by atoms with Gasteiger partial charge in [0.25, 0.3) is 0 Å². The molecular weight excluding hydrogens is 269 g/mol. The first-order valence-corrected chi connectivity index (χ1v) is 7.12. The van der Waals surface area contributed by atoms with Crippen molar-refractivity contribution in [3.05, 3.63) is 47.5 Å². The van der Waals surface area contributed by atoms with Crippen LogP contribution in [0.25, 0.3) is 5.69 Å². The van der Waals surface area contributed by atoms with E-state index in [1.165, 1.54) is 12.1 Å². The van der Waals surface area contributed by atoms with Crippen molar-refractivity contribution in [2.45, 2.75) is 39.7 Å². The zero-order valence-corrected chi connectivity index (χ0v) is 12.6. The van der Waals surface area contributed by atoms with Crippen LogP contribution in [-0.2, 0) is 4.79 Å². The van der Waals surface area contributed by atoms with E-state index in [0.717, 1.165) is 23.4 Å². The summed E-state index contributed by atoms with van der Waals surface area (Å²) in [5, 5.41) is 7.29. The van der Waals surface area contributed by atoms with Gasteiger partial charge >= 0.3 is 0 Å². The van der Waals surface area contributed by atoms with Gasteiger partial charge in [-0.2, -0.15) is 5.10 Å². The third-order valence-electron chi connectivity index (χ3n) is 3.44. The molecule has 1 atom stereocenters. The lowest BCUT2D eigenvalue weighted by Crippen LogP contribution is -2.26. The molecule has 4 nitrogen and oxygen atoms in total. The minimum atomic E-state index is -0.274. The minimum Gasteiger partial charge on any atom is -0.349 e. The standard InChI is InChI=1S/C16H20FN3O/c1-4-5-16(21)19-11(2)15-10-18-20(12(15)3)14-8-6-13(17)7-9-14/h6-11H,4-5H2,1-3H3,(H,19,21)/t11-/m0/s1. The summed E-state index contributed by atoms with van der Waals surface area (Å²) < 4.78 is 14.7. The van der Waals surface area contributed by atoms with Crippen LogP contribution in [0.3, 0.4) is 0 Å². The van der Waals surface area contributed by atoms with Crippen molar-refractivity contribution in [2.75, 3.05) is 0 Å². The van der Waals surface area contributed by atoms with Gasteiger partial charge < -0.3 is 5.32 Å². The number of benzene rings is 1. The van der Waals surface area contributed by atoms with Gasteiger partial charge in [-0.05, 0) is 44.5 Å². The molecule has 0 spiro atoms. The number of aromatic nitrogens is 2. The van der Waals surface area contributed by atoms with Crippen LogP contribution < -0.4 is 5.32 Å². The molecule has 0 fully saturated rings. The molecule has 2 rings (SSSR count). The van der Waals surface area contributed by atoms with E-state index in [2.05, 4.69) is 10.4 Å². The third kappa shape index (κ3) is 3.48. The average Bonchev–Trinajstić information content (AvgIpc) is 2.82. The Bertz CT molecular complexity index is 619. The first-order valence-electron chi connectivity index (χ1n) is 7.12. The Morgan fingerprint density at radius 1 is 1.38 bits per heavy atom. The molecule has 112 valence electrons. The molecule has 1 aromatic heterocycles. The molecule has 0 radical (unpaired) electrons. The second-order valence-corrected chi connectivity index (χ2v) is 5.11. The van der Waals surface area contributed by atoms with Crippen molar-refractivity contribution in [2.24, 2.45) is 0 Å². The summed E-state index contributed by atoms with van der Waals surface area (Å²) in [5.74, 6) is -0.233. The molecule has 1 heterocycles. The Kier molecular flexibility index (Phi) is 4.73. The second kappa shape index (κ2) is 6.52. The maximum atomic E-state index is 13.0.